The van der Waals surface area contributed by atoms with Gasteiger partial charge in [0.1, 0.15) is 11.3 Å². The maximum atomic E-state index is 12.0. The third-order valence-corrected chi connectivity index (χ3v) is 3.85. The van der Waals surface area contributed by atoms with Crippen molar-refractivity contribution in [1.29, 1.82) is 0 Å². The molecule has 0 saturated heterocycles. The van der Waals surface area contributed by atoms with E-state index in [9.17, 15) is 4.79 Å². The quantitative estimate of drug-likeness (QED) is 0.755. The van der Waals surface area contributed by atoms with Crippen LogP contribution in [-0.4, -0.2) is 18.0 Å². The molecule has 2 aromatic carbocycles. The number of carbonyl (C=O) groups is 1. The largest absolute Gasteiger partial charge is 0.497 e. The number of benzene rings is 2. The Morgan fingerprint density at radius 3 is 2.67 bits per heavy atom. The molecule has 0 saturated carbocycles. The molecule has 0 spiro atoms. The summed E-state index contributed by atoms with van der Waals surface area (Å²) in [4.78, 5) is 16.3. The van der Waals surface area contributed by atoms with Gasteiger partial charge in [0.05, 0.1) is 7.11 Å². The van der Waals surface area contributed by atoms with Crippen LogP contribution in [0.15, 0.2) is 46.9 Å². The topological polar surface area (TPSA) is 64.4 Å². The molecular weight excluding hydrogens is 304 g/mol. The van der Waals surface area contributed by atoms with E-state index in [0.29, 0.717) is 25.3 Å². The normalized spacial score (nSPS) is 10.8. The summed E-state index contributed by atoms with van der Waals surface area (Å²) in [6.07, 6.45) is 1.16. The zero-order chi connectivity index (χ0) is 16.9. The van der Waals surface area contributed by atoms with Crippen LogP contribution < -0.4 is 10.1 Å². The Labute approximate surface area is 140 Å². The average Bonchev–Trinajstić information content (AvgIpc) is 2.97. The molecule has 1 N–H and O–H groups in total. The number of carbonyl (C=O) groups excluding carboxylic acids is 1. The summed E-state index contributed by atoms with van der Waals surface area (Å²) in [6.45, 7) is 2.30. The van der Waals surface area contributed by atoms with Crippen molar-refractivity contribution in [2.45, 2.75) is 26.3 Å². The van der Waals surface area contributed by atoms with Crippen molar-refractivity contribution in [3.05, 3.63) is 59.5 Å². The third-order valence-electron chi connectivity index (χ3n) is 3.85. The molecule has 5 heteroatoms. The molecule has 0 bridgehead atoms. The number of methoxy groups -OCH3 is 1. The molecule has 3 rings (SSSR count). The minimum Gasteiger partial charge on any atom is -0.497 e. The average molecular weight is 324 g/mol. The second-order valence-electron chi connectivity index (χ2n) is 5.66. The summed E-state index contributed by atoms with van der Waals surface area (Å²) in [7, 11) is 1.64. The highest BCUT2D eigenvalue weighted by molar-refractivity contribution is 5.77. The molecule has 1 amide bonds. The Kier molecular flexibility index (Phi) is 4.79. The number of oxazole rings is 1. The molecule has 124 valence electrons. The number of hydrogen-bond donors (Lipinski definition) is 1. The van der Waals surface area contributed by atoms with Gasteiger partial charge in [0, 0.05) is 19.9 Å². The van der Waals surface area contributed by atoms with Gasteiger partial charge in [-0.05, 0) is 41.8 Å². The Morgan fingerprint density at radius 1 is 1.17 bits per heavy atom. The number of amides is 1. The predicted octanol–water partition coefficient (Wildman–Crippen LogP) is 3.39. The molecule has 0 unspecified atom stereocenters. The van der Waals surface area contributed by atoms with Crippen molar-refractivity contribution in [2.24, 2.45) is 0 Å². The van der Waals surface area contributed by atoms with Crippen molar-refractivity contribution in [3.8, 4) is 5.75 Å². The summed E-state index contributed by atoms with van der Waals surface area (Å²) in [5, 5.41) is 2.94. The minimum atomic E-state index is 0.0275. The van der Waals surface area contributed by atoms with Crippen molar-refractivity contribution in [3.63, 3.8) is 0 Å². The van der Waals surface area contributed by atoms with Crippen molar-refractivity contribution in [1.82, 2.24) is 10.3 Å². The number of nitrogens with zero attached hydrogens (tertiary/aromatic N) is 1. The molecule has 3 aromatic rings. The maximum absolute atomic E-state index is 12.0. The SMILES string of the molecule is COc1ccc(CCC(=O)NCc2ccc3nc(C)oc3c2)cc1. The van der Waals surface area contributed by atoms with Crippen LogP contribution in [0, 0.1) is 6.92 Å². The van der Waals surface area contributed by atoms with Crippen LogP contribution >= 0.6 is 0 Å². The maximum Gasteiger partial charge on any atom is 0.220 e. The van der Waals surface area contributed by atoms with Crippen LogP contribution in [0.25, 0.3) is 11.1 Å². The molecule has 0 atom stereocenters. The number of hydrogen-bond acceptors (Lipinski definition) is 4. The Balaban J connectivity index is 1.50. The fraction of sp³-hybridized carbons (Fsp3) is 0.263. The van der Waals surface area contributed by atoms with E-state index >= 15 is 0 Å². The van der Waals surface area contributed by atoms with E-state index in [1.807, 2.05) is 49.4 Å². The molecule has 24 heavy (non-hydrogen) atoms. The molecule has 5 nitrogen and oxygen atoms in total. The second-order valence-corrected chi connectivity index (χ2v) is 5.66. The van der Waals surface area contributed by atoms with E-state index in [1.54, 1.807) is 7.11 Å². The van der Waals surface area contributed by atoms with E-state index in [4.69, 9.17) is 9.15 Å². The van der Waals surface area contributed by atoms with Gasteiger partial charge in [-0.2, -0.15) is 0 Å². The van der Waals surface area contributed by atoms with Crippen LogP contribution in [-0.2, 0) is 17.8 Å². The second kappa shape index (κ2) is 7.17. The van der Waals surface area contributed by atoms with E-state index < -0.39 is 0 Å². The first-order valence-electron chi connectivity index (χ1n) is 7.90. The monoisotopic (exact) mass is 324 g/mol. The Morgan fingerprint density at radius 2 is 1.92 bits per heavy atom. The first-order valence-corrected chi connectivity index (χ1v) is 7.90. The van der Waals surface area contributed by atoms with Gasteiger partial charge in [-0.1, -0.05) is 18.2 Å². The fourth-order valence-corrected chi connectivity index (χ4v) is 2.53. The van der Waals surface area contributed by atoms with Crippen molar-refractivity contribution < 1.29 is 13.9 Å². The number of nitrogens with one attached hydrogen (secondary N) is 1. The highest BCUT2D eigenvalue weighted by Gasteiger charge is 2.06. The lowest BCUT2D eigenvalue weighted by Gasteiger charge is -2.06. The molecular formula is C19H20N2O3. The minimum absolute atomic E-state index is 0.0275. The lowest BCUT2D eigenvalue weighted by atomic mass is 10.1. The molecule has 1 heterocycles. The number of aromatic nitrogens is 1. The molecule has 0 radical (unpaired) electrons. The van der Waals surface area contributed by atoms with Crippen LogP contribution in [0.2, 0.25) is 0 Å². The first-order chi connectivity index (χ1) is 11.6. The Bertz CT molecular complexity index is 837. The molecule has 1 aromatic heterocycles. The van der Waals surface area contributed by atoms with Gasteiger partial charge in [0.25, 0.3) is 0 Å². The van der Waals surface area contributed by atoms with Crippen molar-refractivity contribution >= 4 is 17.0 Å². The summed E-state index contributed by atoms with van der Waals surface area (Å²) in [5.41, 5.74) is 3.69. The van der Waals surface area contributed by atoms with E-state index in [2.05, 4.69) is 10.3 Å². The van der Waals surface area contributed by atoms with Gasteiger partial charge < -0.3 is 14.5 Å². The number of rotatable bonds is 6. The zero-order valence-corrected chi connectivity index (χ0v) is 13.8. The van der Waals surface area contributed by atoms with Gasteiger partial charge in [-0.15, -0.1) is 0 Å². The first kappa shape index (κ1) is 16.1. The number of ether oxygens (including phenoxy) is 1. The van der Waals surface area contributed by atoms with Gasteiger partial charge >= 0.3 is 0 Å². The smallest absolute Gasteiger partial charge is 0.220 e. The third kappa shape index (κ3) is 3.93. The Hall–Kier alpha value is -2.82. The molecule has 0 aliphatic heterocycles. The van der Waals surface area contributed by atoms with Crippen molar-refractivity contribution in [2.75, 3.05) is 7.11 Å². The molecule has 0 aliphatic rings. The van der Waals surface area contributed by atoms with Crippen LogP contribution in [0.1, 0.15) is 23.4 Å². The van der Waals surface area contributed by atoms with Crippen LogP contribution in [0.3, 0.4) is 0 Å². The lowest BCUT2D eigenvalue weighted by Crippen LogP contribution is -2.22. The van der Waals surface area contributed by atoms with Gasteiger partial charge in [-0.25, -0.2) is 4.98 Å². The predicted molar refractivity (Wildman–Crippen MR) is 91.9 cm³/mol. The van der Waals surface area contributed by atoms with Gasteiger partial charge in [0.2, 0.25) is 5.91 Å². The van der Waals surface area contributed by atoms with E-state index in [1.165, 1.54) is 0 Å². The van der Waals surface area contributed by atoms with E-state index in [0.717, 1.165) is 28.0 Å². The highest BCUT2D eigenvalue weighted by Crippen LogP contribution is 2.17. The summed E-state index contributed by atoms with van der Waals surface area (Å²) in [6, 6.07) is 13.5. The summed E-state index contributed by atoms with van der Waals surface area (Å²) < 4.78 is 10.6. The number of fused-ring (bicyclic) bond motifs is 1. The molecule has 0 aliphatic carbocycles. The van der Waals surface area contributed by atoms with Gasteiger partial charge in [0.15, 0.2) is 11.5 Å². The van der Waals surface area contributed by atoms with Gasteiger partial charge in [-0.3, -0.25) is 4.79 Å². The number of aryl methyl sites for hydroxylation is 2. The zero-order valence-electron chi connectivity index (χ0n) is 13.8. The van der Waals surface area contributed by atoms with Crippen LogP contribution in [0.5, 0.6) is 5.75 Å². The summed E-state index contributed by atoms with van der Waals surface area (Å²) >= 11 is 0. The molecule has 0 fully saturated rings. The highest BCUT2D eigenvalue weighted by atomic mass is 16.5. The summed E-state index contributed by atoms with van der Waals surface area (Å²) in [5.74, 6) is 1.49. The van der Waals surface area contributed by atoms with Crippen LogP contribution in [0.4, 0.5) is 0 Å². The van der Waals surface area contributed by atoms with E-state index in [-0.39, 0.29) is 5.91 Å². The fourth-order valence-electron chi connectivity index (χ4n) is 2.53. The lowest BCUT2D eigenvalue weighted by molar-refractivity contribution is -0.121. The standard InChI is InChI=1S/C19H20N2O3/c1-13-21-17-9-5-15(11-18(17)24-13)12-20-19(22)10-6-14-3-7-16(23-2)8-4-14/h3-5,7-9,11H,6,10,12H2,1-2H3,(H,20,22).